The van der Waals surface area contributed by atoms with Crippen LogP contribution in [0.5, 0.6) is 0 Å². The van der Waals surface area contributed by atoms with Gasteiger partial charge in [-0.15, -0.1) is 0 Å². The molecule has 2 aliphatic carbocycles. The topological polar surface area (TPSA) is 217 Å². The third-order valence-corrected chi connectivity index (χ3v) is 12.9. The summed E-state index contributed by atoms with van der Waals surface area (Å²) < 4.78 is 53.4. The molecule has 1 heterocycles. The van der Waals surface area contributed by atoms with E-state index in [1.165, 1.54) is 48.2 Å². The molecule has 0 bridgehead atoms. The lowest BCUT2D eigenvalue weighted by molar-refractivity contribution is -0.123. The van der Waals surface area contributed by atoms with Gasteiger partial charge >= 0.3 is 18.1 Å². The molecule has 5 rings (SSSR count). The van der Waals surface area contributed by atoms with E-state index in [0.717, 1.165) is 68.9 Å². The van der Waals surface area contributed by atoms with E-state index in [-0.39, 0.29) is 33.6 Å². The molecule has 306 valence electrons. The Morgan fingerprint density at radius 1 is 0.732 bits per heavy atom. The molecule has 0 saturated heterocycles. The number of amides is 7. The molecule has 5 N–H and O–H groups in total. The average molecular weight is 815 g/mol. The minimum atomic E-state index is -3.98. The zero-order valence-electron chi connectivity index (χ0n) is 32.5. The highest BCUT2D eigenvalue weighted by Crippen LogP contribution is 2.24. The van der Waals surface area contributed by atoms with Gasteiger partial charge < -0.3 is 16.0 Å². The third kappa shape index (κ3) is 12.6. The Labute approximate surface area is 329 Å². The number of hydrogen-bond acceptors (Lipinski definition) is 9. The number of carbonyl (C=O) groups excluding carboxylic acids is 5. The van der Waals surface area contributed by atoms with Crippen LogP contribution in [-0.4, -0.2) is 76.7 Å². The smallest absolute Gasteiger partial charge is 0.328 e. The van der Waals surface area contributed by atoms with Gasteiger partial charge in [0, 0.05) is 29.8 Å². The number of carbonyl (C=O) groups is 5. The predicted octanol–water partition coefficient (Wildman–Crippen LogP) is 5.28. The van der Waals surface area contributed by atoms with E-state index in [1.54, 1.807) is 12.1 Å². The van der Waals surface area contributed by atoms with E-state index >= 15 is 0 Å². The minimum absolute atomic E-state index is 0.00639. The summed E-state index contributed by atoms with van der Waals surface area (Å²) in [4.78, 5) is 60.9. The van der Waals surface area contributed by atoms with Crippen LogP contribution in [0.25, 0.3) is 0 Å². The number of nitrogens with zero attached hydrogens (tertiary/aromatic N) is 1. The molecule has 2 saturated carbocycles. The molecule has 0 spiro atoms. The van der Waals surface area contributed by atoms with Gasteiger partial charge in [0.1, 0.15) is 0 Å². The fourth-order valence-electron chi connectivity index (χ4n) is 6.92. The van der Waals surface area contributed by atoms with Crippen LogP contribution in [-0.2, 0) is 31.3 Å². The molecular formula is C39H54N6O9S2. The Morgan fingerprint density at radius 2 is 1.23 bits per heavy atom. The first-order chi connectivity index (χ1) is 26.5. The Bertz CT molecular complexity index is 1990. The van der Waals surface area contributed by atoms with Crippen molar-refractivity contribution in [3.63, 3.8) is 0 Å². The average Bonchev–Trinajstić information content (AvgIpc) is 3.45. The predicted molar refractivity (Wildman–Crippen MR) is 211 cm³/mol. The van der Waals surface area contributed by atoms with Crippen LogP contribution in [0.1, 0.15) is 108 Å². The number of sulfonamides is 2. The van der Waals surface area contributed by atoms with Crippen molar-refractivity contribution in [1.29, 1.82) is 0 Å². The number of urea groups is 3. The lowest BCUT2D eigenvalue weighted by Gasteiger charge is -2.26. The van der Waals surface area contributed by atoms with Crippen LogP contribution in [0.2, 0.25) is 0 Å². The first-order valence-corrected chi connectivity index (χ1v) is 22.1. The quantitative estimate of drug-likeness (QED) is 0.186. The van der Waals surface area contributed by atoms with Crippen LogP contribution in [0.4, 0.5) is 14.4 Å². The maximum absolute atomic E-state index is 12.5. The summed E-state index contributed by atoms with van der Waals surface area (Å²) >= 11 is 0. The maximum atomic E-state index is 12.5. The first kappa shape index (κ1) is 44.0. The SMILES string of the molecule is CC(=O)c1ccc(S(=O)(=O)NC(=O)NC2CCCCC2)cc1.CCC1=C(C)CN(C(=O)NCCc2ccc(S(=O)(=O)NC(=O)NC3CCC(C)CC3)cc2)C1=O. The van der Waals surface area contributed by atoms with E-state index in [0.29, 0.717) is 43.0 Å². The van der Waals surface area contributed by atoms with Crippen LogP contribution >= 0.6 is 0 Å². The van der Waals surface area contributed by atoms with Crippen molar-refractivity contribution < 1.29 is 40.8 Å². The second-order valence-electron chi connectivity index (χ2n) is 14.7. The molecule has 56 heavy (non-hydrogen) atoms. The number of imide groups is 1. The van der Waals surface area contributed by atoms with Crippen LogP contribution in [0.15, 0.2) is 69.5 Å². The van der Waals surface area contributed by atoms with E-state index in [2.05, 4.69) is 27.6 Å². The number of benzene rings is 2. The van der Waals surface area contributed by atoms with Gasteiger partial charge in [0.15, 0.2) is 5.78 Å². The summed E-state index contributed by atoms with van der Waals surface area (Å²) in [5.41, 5.74) is 2.83. The van der Waals surface area contributed by atoms with Crippen molar-refractivity contribution in [2.45, 2.75) is 120 Å². The second kappa shape index (κ2) is 19.9. The number of hydrogen-bond donors (Lipinski definition) is 5. The van der Waals surface area contributed by atoms with Crippen LogP contribution in [0.3, 0.4) is 0 Å². The molecule has 2 aromatic carbocycles. The monoisotopic (exact) mass is 814 g/mol. The fraction of sp³-hybridized carbons (Fsp3) is 0.513. The van der Waals surface area contributed by atoms with E-state index in [1.807, 2.05) is 18.6 Å². The summed E-state index contributed by atoms with van der Waals surface area (Å²) in [6, 6.07) is 9.80. The van der Waals surface area contributed by atoms with E-state index < -0.39 is 38.1 Å². The van der Waals surface area contributed by atoms with Crippen molar-refractivity contribution >= 4 is 49.8 Å². The molecule has 15 nitrogen and oxygen atoms in total. The van der Waals surface area contributed by atoms with Gasteiger partial charge in [-0.05, 0) is 107 Å². The highest BCUT2D eigenvalue weighted by atomic mass is 32.2. The molecule has 0 aromatic heterocycles. The second-order valence-corrected chi connectivity index (χ2v) is 18.0. The van der Waals surface area contributed by atoms with Gasteiger partial charge in [0.05, 0.1) is 16.3 Å². The Balaban J connectivity index is 0.000000273. The molecule has 0 atom stereocenters. The van der Waals surface area contributed by atoms with E-state index in [9.17, 15) is 40.8 Å². The highest BCUT2D eigenvalue weighted by Gasteiger charge is 2.31. The summed E-state index contributed by atoms with van der Waals surface area (Å²) in [5, 5.41) is 8.18. The number of ketones is 1. The zero-order valence-corrected chi connectivity index (χ0v) is 34.1. The first-order valence-electron chi connectivity index (χ1n) is 19.1. The number of rotatable bonds is 11. The molecule has 2 aromatic rings. The van der Waals surface area contributed by atoms with Crippen molar-refractivity contribution in [1.82, 2.24) is 30.3 Å². The molecule has 1 aliphatic heterocycles. The van der Waals surface area contributed by atoms with Gasteiger partial charge in [-0.2, -0.15) is 0 Å². The lowest BCUT2D eigenvalue weighted by atomic mass is 9.87. The van der Waals surface area contributed by atoms with Crippen molar-refractivity contribution in [3.8, 4) is 0 Å². The molecule has 7 amide bonds. The molecule has 17 heteroatoms. The van der Waals surface area contributed by atoms with Crippen molar-refractivity contribution in [2.75, 3.05) is 13.1 Å². The summed E-state index contributed by atoms with van der Waals surface area (Å²) in [7, 11) is -7.91. The van der Waals surface area contributed by atoms with Gasteiger partial charge in [-0.3, -0.25) is 14.5 Å². The van der Waals surface area contributed by atoms with Crippen LogP contribution in [0, 0.1) is 5.92 Å². The Morgan fingerprint density at radius 3 is 1.71 bits per heavy atom. The Hall–Kier alpha value is -4.77. The highest BCUT2D eigenvalue weighted by molar-refractivity contribution is 7.90. The standard InChI is InChI=1S/C24H34N4O5S.C15H20N2O4S/c1-4-21-17(3)15-28(22(21)29)24(31)25-14-13-18-7-11-20(12-8-18)34(32,33)27-23(30)26-19-9-5-16(2)6-10-19;1-11(18)12-7-9-14(10-8-12)22(20,21)17-15(19)16-13-5-3-2-4-6-13/h7-8,11-12,16,19H,4-6,9-10,13-15H2,1-3H3,(H,25,31)(H2,26,27,30);7-10,13H,2-6H2,1H3,(H2,16,17,19). The summed E-state index contributed by atoms with van der Waals surface area (Å²) in [6.45, 7) is 7.93. The van der Waals surface area contributed by atoms with Gasteiger partial charge in [0.2, 0.25) is 0 Å². The third-order valence-electron chi connectivity index (χ3n) is 10.3. The van der Waals surface area contributed by atoms with E-state index in [4.69, 9.17) is 0 Å². The summed E-state index contributed by atoms with van der Waals surface area (Å²) in [5.74, 6) is 0.239. The molecule has 3 aliphatic rings. The van der Waals surface area contributed by atoms with Gasteiger partial charge in [-0.1, -0.05) is 57.4 Å². The fourth-order valence-corrected chi connectivity index (χ4v) is 8.75. The molecule has 0 radical (unpaired) electrons. The largest absolute Gasteiger partial charge is 0.337 e. The van der Waals surface area contributed by atoms with Gasteiger partial charge in [-0.25, -0.2) is 40.7 Å². The van der Waals surface area contributed by atoms with Crippen molar-refractivity contribution in [2.24, 2.45) is 5.92 Å². The van der Waals surface area contributed by atoms with Gasteiger partial charge in [0.25, 0.3) is 26.0 Å². The zero-order chi connectivity index (χ0) is 41.0. The normalized spacial score (nSPS) is 19.0. The Kier molecular flexibility index (Phi) is 15.6. The summed E-state index contributed by atoms with van der Waals surface area (Å²) in [6.07, 6.45) is 9.80. The number of Topliss-reactive ketones (excluding diaryl/α,β-unsaturated/α-hetero) is 1. The lowest BCUT2D eigenvalue weighted by Crippen LogP contribution is -2.45. The molecule has 2 fully saturated rings. The minimum Gasteiger partial charge on any atom is -0.337 e. The van der Waals surface area contributed by atoms with Crippen molar-refractivity contribution in [3.05, 3.63) is 70.8 Å². The number of nitrogens with one attached hydrogen (secondary N) is 5. The molecule has 0 unspecified atom stereocenters. The van der Waals surface area contributed by atoms with Crippen LogP contribution < -0.4 is 25.4 Å². The maximum Gasteiger partial charge on any atom is 0.328 e. The molecular weight excluding hydrogens is 761 g/mol.